The van der Waals surface area contributed by atoms with Crippen molar-refractivity contribution >= 4 is 51.8 Å². The van der Waals surface area contributed by atoms with Gasteiger partial charge in [-0.1, -0.05) is 62.4 Å². The monoisotopic (exact) mass is 631 g/mol. The van der Waals surface area contributed by atoms with Gasteiger partial charge in [0.25, 0.3) is 17.0 Å². The first-order chi connectivity index (χ1) is 21.1. The second kappa shape index (κ2) is 13.0. The molecule has 10 nitrogen and oxygen atoms in total. The fraction of sp³-hybridized carbons (Fsp3) is 0.406. The number of nitriles is 1. The van der Waals surface area contributed by atoms with Crippen molar-refractivity contribution in [3.05, 3.63) is 78.3 Å². The molecule has 12 heteroatoms. The Kier molecular flexibility index (Phi) is 9.29. The van der Waals surface area contributed by atoms with Gasteiger partial charge in [-0.3, -0.25) is 28.5 Å². The van der Waals surface area contributed by atoms with E-state index in [0.29, 0.717) is 34.0 Å². The number of pyridine rings is 1. The number of benzene rings is 1. The molecule has 0 saturated carbocycles. The van der Waals surface area contributed by atoms with Crippen molar-refractivity contribution in [2.75, 3.05) is 42.5 Å². The molecule has 0 unspecified atom stereocenters. The molecule has 44 heavy (non-hydrogen) atoms. The average Bonchev–Trinajstić information content (AvgIpc) is 3.42. The zero-order valence-corrected chi connectivity index (χ0v) is 27.4. The molecule has 0 bridgehead atoms. The number of nitrogens with zero attached hydrogens (tertiary/aromatic N) is 7. The minimum atomic E-state index is -0.406. The number of unbranched alkanes of at least 4 members (excludes halogenated alkanes) is 1. The molecule has 0 N–H and O–H groups in total. The summed E-state index contributed by atoms with van der Waals surface area (Å²) in [5.41, 5.74) is 2.10. The maximum absolute atomic E-state index is 14.1. The van der Waals surface area contributed by atoms with Crippen molar-refractivity contribution in [2.45, 2.75) is 47.1 Å². The van der Waals surface area contributed by atoms with Gasteiger partial charge >= 0.3 is 0 Å². The summed E-state index contributed by atoms with van der Waals surface area (Å²) < 4.78 is 5.20. The van der Waals surface area contributed by atoms with Gasteiger partial charge in [0.2, 0.25) is 0 Å². The number of carbonyl (C=O) groups is 1. The van der Waals surface area contributed by atoms with Crippen LogP contribution in [-0.2, 0) is 18.4 Å². The largest absolute Gasteiger partial charge is 0.355 e. The van der Waals surface area contributed by atoms with Crippen LogP contribution in [0, 0.1) is 25.2 Å². The zero-order chi connectivity index (χ0) is 31.7. The van der Waals surface area contributed by atoms with E-state index in [4.69, 9.17) is 12.2 Å². The highest BCUT2D eigenvalue weighted by atomic mass is 32.2. The van der Waals surface area contributed by atoms with Gasteiger partial charge in [-0.05, 0) is 50.6 Å². The van der Waals surface area contributed by atoms with Crippen LogP contribution in [0.4, 0.5) is 11.5 Å². The fourth-order valence-corrected chi connectivity index (χ4v) is 7.14. The number of thioether (sulfide) groups is 1. The molecule has 2 aromatic heterocycles. The lowest BCUT2D eigenvalue weighted by Crippen LogP contribution is -2.48. The van der Waals surface area contributed by atoms with Crippen molar-refractivity contribution in [1.82, 2.24) is 18.8 Å². The molecule has 0 atom stereocenters. The number of anilines is 2. The Morgan fingerprint density at radius 1 is 1.02 bits per heavy atom. The summed E-state index contributed by atoms with van der Waals surface area (Å²) in [7, 11) is 1.78. The summed E-state index contributed by atoms with van der Waals surface area (Å²) in [6.07, 6.45) is 3.42. The first kappa shape index (κ1) is 31.5. The summed E-state index contributed by atoms with van der Waals surface area (Å²) in [5, 5.41) is 10.0. The van der Waals surface area contributed by atoms with Crippen LogP contribution in [0.15, 0.2) is 44.8 Å². The standard InChI is InChI=1S/C32H37N7O3S2/c1-6-8-14-37-28(36-17-15-35(7-2)16-18-36)24(21(3)25(20-33)29(37)40)19-26-30(41)38(32(43)44-26)27-22(4)34(5)39(31(27)42)23-12-10-9-11-13-23/h9-13,19H,6-8,14-18H2,1-5H3/b26-19-. The van der Waals surface area contributed by atoms with E-state index in [1.165, 1.54) is 9.58 Å². The molecular formula is C32H37N7O3S2. The molecule has 3 aromatic rings. The number of para-hydroxylation sites is 1. The smallest absolute Gasteiger partial charge is 0.296 e. The molecule has 4 heterocycles. The number of rotatable bonds is 8. The molecule has 0 spiro atoms. The number of thiocarbonyl (C=S) groups is 1. The van der Waals surface area contributed by atoms with Crippen LogP contribution in [0.2, 0.25) is 0 Å². The van der Waals surface area contributed by atoms with E-state index in [0.717, 1.165) is 63.1 Å². The third kappa shape index (κ3) is 5.44. The summed E-state index contributed by atoms with van der Waals surface area (Å²) >= 11 is 6.82. The molecule has 2 fully saturated rings. The fourth-order valence-electron chi connectivity index (χ4n) is 5.89. The number of carbonyl (C=O) groups excluding carboxylic acids is 1. The van der Waals surface area contributed by atoms with Gasteiger partial charge in [-0.2, -0.15) is 5.26 Å². The maximum atomic E-state index is 14.1. The molecule has 2 aliphatic heterocycles. The predicted octanol–water partition coefficient (Wildman–Crippen LogP) is 4.17. The topological polar surface area (TPSA) is 99.5 Å². The third-order valence-corrected chi connectivity index (χ3v) is 9.82. The Balaban J connectivity index is 1.65. The molecule has 1 aromatic carbocycles. The number of aromatic nitrogens is 3. The van der Waals surface area contributed by atoms with E-state index in [9.17, 15) is 19.6 Å². The summed E-state index contributed by atoms with van der Waals surface area (Å²) in [6, 6.07) is 11.4. The van der Waals surface area contributed by atoms with Crippen LogP contribution >= 0.6 is 24.0 Å². The Bertz CT molecular complexity index is 1810. The lowest BCUT2D eigenvalue weighted by molar-refractivity contribution is -0.113. The number of likely N-dealkylation sites (N-methyl/N-ethyl adjacent to an activating group) is 1. The van der Waals surface area contributed by atoms with Crippen molar-refractivity contribution in [1.29, 1.82) is 5.26 Å². The lowest BCUT2D eigenvalue weighted by Gasteiger charge is -2.37. The Hall–Kier alpha value is -3.92. The van der Waals surface area contributed by atoms with Gasteiger partial charge in [-0.15, -0.1) is 0 Å². The average molecular weight is 632 g/mol. The van der Waals surface area contributed by atoms with Gasteiger partial charge in [0.05, 0.1) is 16.3 Å². The SMILES string of the molecule is CCCCn1c(N2CCN(CC)CC2)c(/C=C2\SC(=S)N(c3c(C)n(C)n(-c4ccccc4)c3=O)C2=O)c(C)c(C#N)c1=O. The van der Waals surface area contributed by atoms with Crippen LogP contribution in [-0.4, -0.2) is 61.8 Å². The third-order valence-electron chi connectivity index (χ3n) is 8.52. The highest BCUT2D eigenvalue weighted by molar-refractivity contribution is 8.27. The van der Waals surface area contributed by atoms with Gasteiger partial charge in [0, 0.05) is 45.3 Å². The minimum absolute atomic E-state index is 0.0726. The zero-order valence-electron chi connectivity index (χ0n) is 25.8. The highest BCUT2D eigenvalue weighted by Crippen LogP contribution is 2.38. The molecule has 0 radical (unpaired) electrons. The Labute approximate surface area is 266 Å². The molecule has 1 amide bonds. The number of piperazine rings is 1. The number of hydrogen-bond donors (Lipinski definition) is 0. The van der Waals surface area contributed by atoms with E-state index in [1.807, 2.05) is 30.3 Å². The van der Waals surface area contributed by atoms with E-state index >= 15 is 0 Å². The maximum Gasteiger partial charge on any atom is 0.296 e. The molecule has 2 aliphatic rings. The molecule has 230 valence electrons. The van der Waals surface area contributed by atoms with Gasteiger partial charge < -0.3 is 9.80 Å². The van der Waals surface area contributed by atoms with E-state index in [2.05, 4.69) is 29.7 Å². The summed E-state index contributed by atoms with van der Waals surface area (Å²) in [5.74, 6) is 0.320. The van der Waals surface area contributed by atoms with Crippen LogP contribution < -0.4 is 20.9 Å². The van der Waals surface area contributed by atoms with E-state index in [-0.39, 0.29) is 26.7 Å². The quantitative estimate of drug-likeness (QED) is 0.270. The van der Waals surface area contributed by atoms with Gasteiger partial charge in [0.15, 0.2) is 4.32 Å². The predicted molar refractivity (Wildman–Crippen MR) is 181 cm³/mol. The Morgan fingerprint density at radius 2 is 1.70 bits per heavy atom. The molecular weight excluding hydrogens is 595 g/mol. The van der Waals surface area contributed by atoms with Crippen LogP contribution in [0.1, 0.15) is 49.1 Å². The van der Waals surface area contributed by atoms with Crippen LogP contribution in [0.5, 0.6) is 0 Å². The minimum Gasteiger partial charge on any atom is -0.355 e. The van der Waals surface area contributed by atoms with Crippen molar-refractivity contribution in [3.8, 4) is 11.8 Å². The normalized spacial score (nSPS) is 16.8. The number of hydrogen-bond acceptors (Lipinski definition) is 8. The van der Waals surface area contributed by atoms with Crippen LogP contribution in [0.3, 0.4) is 0 Å². The van der Waals surface area contributed by atoms with Crippen LogP contribution in [0.25, 0.3) is 11.8 Å². The first-order valence-corrected chi connectivity index (χ1v) is 16.1. The lowest BCUT2D eigenvalue weighted by atomic mass is 10.0. The molecule has 0 aliphatic carbocycles. The van der Waals surface area contributed by atoms with Gasteiger partial charge in [0.1, 0.15) is 23.1 Å². The Morgan fingerprint density at radius 3 is 2.32 bits per heavy atom. The van der Waals surface area contributed by atoms with E-state index in [1.54, 1.807) is 36.2 Å². The molecule has 2 saturated heterocycles. The second-order valence-corrected chi connectivity index (χ2v) is 12.7. The van der Waals surface area contributed by atoms with Gasteiger partial charge in [-0.25, -0.2) is 4.68 Å². The van der Waals surface area contributed by atoms with E-state index < -0.39 is 5.91 Å². The highest BCUT2D eigenvalue weighted by Gasteiger charge is 2.38. The first-order valence-electron chi connectivity index (χ1n) is 14.9. The molecule has 5 rings (SSSR count). The summed E-state index contributed by atoms with van der Waals surface area (Å²) in [6.45, 7) is 12.3. The summed E-state index contributed by atoms with van der Waals surface area (Å²) in [4.78, 5) is 47.7. The van der Waals surface area contributed by atoms with Crippen molar-refractivity contribution in [2.24, 2.45) is 7.05 Å². The van der Waals surface area contributed by atoms with Crippen molar-refractivity contribution < 1.29 is 4.79 Å². The second-order valence-electron chi connectivity index (χ2n) is 11.0. The number of amides is 1. The van der Waals surface area contributed by atoms with Crippen molar-refractivity contribution in [3.63, 3.8) is 0 Å².